The van der Waals surface area contributed by atoms with Gasteiger partial charge in [-0.05, 0) is 45.4 Å². The molecule has 120 valence electrons. The molecule has 3 rings (SSSR count). The fourth-order valence-corrected chi connectivity index (χ4v) is 3.73. The quantitative estimate of drug-likeness (QED) is 0.799. The summed E-state index contributed by atoms with van der Waals surface area (Å²) in [7, 11) is 0. The predicted octanol–water partition coefficient (Wildman–Crippen LogP) is 2.53. The van der Waals surface area contributed by atoms with Crippen LogP contribution in [-0.4, -0.2) is 44.8 Å². The minimum absolute atomic E-state index is 0.0816. The molecule has 0 aromatic carbocycles. The van der Waals surface area contributed by atoms with Gasteiger partial charge in [-0.3, -0.25) is 9.48 Å². The molecule has 2 heterocycles. The van der Waals surface area contributed by atoms with E-state index in [0.29, 0.717) is 19.5 Å². The highest BCUT2D eigenvalue weighted by Crippen LogP contribution is 2.44. The Bertz CT molecular complexity index is 619. The maximum Gasteiger partial charge on any atom is 0.407 e. The Morgan fingerprint density at radius 1 is 1.27 bits per heavy atom. The van der Waals surface area contributed by atoms with Crippen LogP contribution in [0.4, 0.5) is 4.79 Å². The molecule has 0 bridgehead atoms. The first-order valence-corrected chi connectivity index (χ1v) is 7.80. The average molecular weight is 305 g/mol. The highest BCUT2D eigenvalue weighted by atomic mass is 16.4. The molecule has 0 radical (unpaired) electrons. The lowest BCUT2D eigenvalue weighted by molar-refractivity contribution is 0.0650. The van der Waals surface area contributed by atoms with Gasteiger partial charge in [-0.25, -0.2) is 4.79 Å². The van der Waals surface area contributed by atoms with Gasteiger partial charge in [-0.2, -0.15) is 5.10 Å². The Morgan fingerprint density at radius 3 is 2.45 bits per heavy atom. The van der Waals surface area contributed by atoms with Crippen LogP contribution in [0.15, 0.2) is 6.20 Å². The van der Waals surface area contributed by atoms with Crippen LogP contribution in [0.2, 0.25) is 0 Å². The fourth-order valence-electron chi connectivity index (χ4n) is 3.73. The van der Waals surface area contributed by atoms with E-state index in [-0.39, 0.29) is 16.7 Å². The van der Waals surface area contributed by atoms with Crippen molar-refractivity contribution in [2.75, 3.05) is 13.1 Å². The number of hydrogen-bond acceptors (Lipinski definition) is 3. The summed E-state index contributed by atoms with van der Waals surface area (Å²) in [5, 5.41) is 13.5. The topological polar surface area (TPSA) is 75.4 Å². The molecule has 1 aromatic heterocycles. The normalized spacial score (nSPS) is 21.0. The third kappa shape index (κ3) is 2.40. The van der Waals surface area contributed by atoms with E-state index in [9.17, 15) is 9.59 Å². The lowest BCUT2D eigenvalue weighted by Crippen LogP contribution is -2.46. The van der Waals surface area contributed by atoms with Crippen molar-refractivity contribution in [1.29, 1.82) is 0 Å². The summed E-state index contributed by atoms with van der Waals surface area (Å²) >= 11 is 0. The van der Waals surface area contributed by atoms with E-state index in [0.717, 1.165) is 30.5 Å². The molecule has 2 aliphatic rings. The number of Topliss-reactive ketones (excluding diaryl/α,β-unsaturated/α-hetero) is 1. The highest BCUT2D eigenvalue weighted by molar-refractivity contribution is 5.97. The number of carbonyl (C=O) groups is 2. The fraction of sp³-hybridized carbons (Fsp3) is 0.688. The van der Waals surface area contributed by atoms with Gasteiger partial charge < -0.3 is 10.0 Å². The van der Waals surface area contributed by atoms with Crippen LogP contribution in [0, 0.1) is 5.41 Å². The number of carbonyl (C=O) groups excluding carboxylic acids is 1. The van der Waals surface area contributed by atoms with E-state index in [1.807, 2.05) is 31.6 Å². The molecule has 1 aliphatic carbocycles. The SMILES string of the molecule is CC(C)(C)n1ncc2c1C(=O)CC1(CCN(C(=O)O)CC1)C2. The number of carboxylic acid groups (broad SMARTS) is 1. The van der Waals surface area contributed by atoms with E-state index in [1.165, 1.54) is 4.90 Å². The molecular weight excluding hydrogens is 282 g/mol. The van der Waals surface area contributed by atoms with Crippen LogP contribution < -0.4 is 0 Å². The van der Waals surface area contributed by atoms with Crippen molar-refractivity contribution in [3.63, 3.8) is 0 Å². The summed E-state index contributed by atoms with van der Waals surface area (Å²) in [5.41, 5.74) is 1.48. The molecule has 1 aliphatic heterocycles. The van der Waals surface area contributed by atoms with Crippen LogP contribution in [0.3, 0.4) is 0 Å². The van der Waals surface area contributed by atoms with Gasteiger partial charge >= 0.3 is 6.09 Å². The molecule has 6 heteroatoms. The van der Waals surface area contributed by atoms with Gasteiger partial charge in [0.05, 0.1) is 11.7 Å². The Kier molecular flexibility index (Phi) is 3.30. The standard InChI is InChI=1S/C16H23N3O3/c1-15(2,3)19-13-11(10-17-19)8-16(9-12(13)20)4-6-18(7-5-16)14(21)22/h10H,4-9H2,1-3H3,(H,21,22). The third-order valence-corrected chi connectivity index (χ3v) is 4.94. The Labute approximate surface area is 130 Å². The molecule has 1 aromatic rings. The van der Waals surface area contributed by atoms with Gasteiger partial charge in [0.2, 0.25) is 0 Å². The summed E-state index contributed by atoms with van der Waals surface area (Å²) in [6, 6.07) is 0. The average Bonchev–Trinajstić information content (AvgIpc) is 2.83. The Hall–Kier alpha value is -1.85. The minimum atomic E-state index is -0.863. The minimum Gasteiger partial charge on any atom is -0.465 e. The van der Waals surface area contributed by atoms with E-state index in [4.69, 9.17) is 5.11 Å². The van der Waals surface area contributed by atoms with E-state index in [2.05, 4.69) is 5.10 Å². The molecule has 6 nitrogen and oxygen atoms in total. The molecule has 22 heavy (non-hydrogen) atoms. The van der Waals surface area contributed by atoms with Gasteiger partial charge in [-0.15, -0.1) is 0 Å². The van der Waals surface area contributed by atoms with E-state index in [1.54, 1.807) is 0 Å². The van der Waals surface area contributed by atoms with Crippen molar-refractivity contribution < 1.29 is 14.7 Å². The van der Waals surface area contributed by atoms with Gasteiger partial charge in [0.15, 0.2) is 5.78 Å². The van der Waals surface area contributed by atoms with Crippen LogP contribution in [0.1, 0.15) is 56.1 Å². The van der Waals surface area contributed by atoms with Crippen LogP contribution >= 0.6 is 0 Å². The van der Waals surface area contributed by atoms with Crippen molar-refractivity contribution in [3.8, 4) is 0 Å². The van der Waals surface area contributed by atoms with Crippen LogP contribution in [0.5, 0.6) is 0 Å². The summed E-state index contributed by atoms with van der Waals surface area (Å²) < 4.78 is 1.84. The number of rotatable bonds is 0. The van der Waals surface area contributed by atoms with E-state index >= 15 is 0 Å². The second kappa shape index (κ2) is 4.83. The first-order chi connectivity index (χ1) is 10.2. The van der Waals surface area contributed by atoms with Gasteiger partial charge in [0.1, 0.15) is 5.69 Å². The molecule has 0 unspecified atom stereocenters. The molecule has 1 saturated heterocycles. The molecule has 1 N–H and O–H groups in total. The first-order valence-electron chi connectivity index (χ1n) is 7.80. The summed E-state index contributed by atoms with van der Waals surface area (Å²) in [4.78, 5) is 25.2. The zero-order valence-electron chi connectivity index (χ0n) is 13.4. The molecule has 1 spiro atoms. The largest absolute Gasteiger partial charge is 0.465 e. The molecule has 0 saturated carbocycles. The zero-order valence-corrected chi connectivity index (χ0v) is 13.4. The molecular formula is C16H23N3O3. The van der Waals surface area contributed by atoms with Crippen LogP contribution in [-0.2, 0) is 12.0 Å². The number of likely N-dealkylation sites (tertiary alicyclic amines) is 1. The van der Waals surface area contributed by atoms with Crippen LogP contribution in [0.25, 0.3) is 0 Å². The van der Waals surface area contributed by atoms with Crippen molar-refractivity contribution >= 4 is 11.9 Å². The Balaban J connectivity index is 1.86. The maximum atomic E-state index is 12.7. The molecule has 1 fully saturated rings. The third-order valence-electron chi connectivity index (χ3n) is 4.94. The summed E-state index contributed by atoms with van der Waals surface area (Å²) in [6.45, 7) is 7.17. The van der Waals surface area contributed by atoms with Crippen molar-refractivity contribution in [2.24, 2.45) is 5.41 Å². The van der Waals surface area contributed by atoms with Crippen molar-refractivity contribution in [1.82, 2.24) is 14.7 Å². The zero-order chi connectivity index (χ0) is 16.1. The number of ketones is 1. The van der Waals surface area contributed by atoms with Gasteiger partial charge in [0, 0.05) is 25.1 Å². The smallest absolute Gasteiger partial charge is 0.407 e. The highest BCUT2D eigenvalue weighted by Gasteiger charge is 2.43. The van der Waals surface area contributed by atoms with Gasteiger partial charge in [-0.1, -0.05) is 0 Å². The number of nitrogens with zero attached hydrogens (tertiary/aromatic N) is 3. The summed E-state index contributed by atoms with van der Waals surface area (Å²) in [6.07, 6.45) is 3.81. The number of piperidine rings is 1. The monoisotopic (exact) mass is 305 g/mol. The van der Waals surface area contributed by atoms with E-state index < -0.39 is 6.09 Å². The second-order valence-electron chi connectivity index (χ2n) is 7.65. The molecule has 0 atom stereocenters. The van der Waals surface area contributed by atoms with Gasteiger partial charge in [0.25, 0.3) is 0 Å². The number of hydrogen-bond donors (Lipinski definition) is 1. The molecule has 1 amide bonds. The lowest BCUT2D eigenvalue weighted by atomic mass is 9.67. The second-order valence-corrected chi connectivity index (χ2v) is 7.65. The van der Waals surface area contributed by atoms with Crippen molar-refractivity contribution in [3.05, 3.63) is 17.5 Å². The number of aromatic nitrogens is 2. The van der Waals surface area contributed by atoms with Crippen molar-refractivity contribution in [2.45, 2.75) is 52.0 Å². The first kappa shape index (κ1) is 15.1. The maximum absolute atomic E-state index is 12.7. The Morgan fingerprint density at radius 2 is 1.91 bits per heavy atom. The lowest BCUT2D eigenvalue weighted by Gasteiger charge is -2.43. The predicted molar refractivity (Wildman–Crippen MR) is 81.1 cm³/mol. The number of amides is 1. The number of fused-ring (bicyclic) bond motifs is 1. The summed E-state index contributed by atoms with van der Waals surface area (Å²) in [5.74, 6) is 0.150.